The van der Waals surface area contributed by atoms with Gasteiger partial charge in [0.2, 0.25) is 0 Å². The average Bonchev–Trinajstić information content (AvgIpc) is 2.15. The standard InChI is InChI=1S/C10H11FN2/c1-2-3-4-7-12-10-6-5-9(11)8-13-10/h5-6,8H,4,7H2,1H3,(H,12,13). The highest BCUT2D eigenvalue weighted by Gasteiger charge is 1.92. The van der Waals surface area contributed by atoms with E-state index >= 15 is 0 Å². The zero-order valence-electron chi connectivity index (χ0n) is 7.47. The first-order chi connectivity index (χ1) is 6.33. The lowest BCUT2D eigenvalue weighted by Gasteiger charge is -2.01. The molecule has 0 aliphatic rings. The van der Waals surface area contributed by atoms with Gasteiger partial charge in [0.05, 0.1) is 6.20 Å². The first-order valence-electron chi connectivity index (χ1n) is 4.08. The number of hydrogen-bond acceptors (Lipinski definition) is 2. The quantitative estimate of drug-likeness (QED) is 0.566. The summed E-state index contributed by atoms with van der Waals surface area (Å²) in [6, 6.07) is 2.98. The second-order valence-corrected chi connectivity index (χ2v) is 2.47. The van der Waals surface area contributed by atoms with Crippen molar-refractivity contribution in [3.05, 3.63) is 24.1 Å². The van der Waals surface area contributed by atoms with Crippen LogP contribution in [0, 0.1) is 17.7 Å². The second-order valence-electron chi connectivity index (χ2n) is 2.47. The summed E-state index contributed by atoms with van der Waals surface area (Å²) in [5.74, 6) is 6.07. The Morgan fingerprint density at radius 3 is 3.00 bits per heavy atom. The van der Waals surface area contributed by atoms with Crippen LogP contribution in [-0.2, 0) is 0 Å². The summed E-state index contributed by atoms with van der Waals surface area (Å²) in [5, 5.41) is 3.03. The van der Waals surface area contributed by atoms with Crippen LogP contribution in [0.2, 0.25) is 0 Å². The van der Waals surface area contributed by atoms with Crippen LogP contribution in [0.25, 0.3) is 0 Å². The third-order valence-electron chi connectivity index (χ3n) is 1.46. The molecule has 0 saturated heterocycles. The fraction of sp³-hybridized carbons (Fsp3) is 0.300. The summed E-state index contributed by atoms with van der Waals surface area (Å²) in [4.78, 5) is 3.84. The van der Waals surface area contributed by atoms with Crippen LogP contribution in [0.4, 0.5) is 10.2 Å². The molecule has 0 aromatic carbocycles. The van der Waals surface area contributed by atoms with Gasteiger partial charge in [0, 0.05) is 13.0 Å². The number of hydrogen-bond donors (Lipinski definition) is 1. The summed E-state index contributed by atoms with van der Waals surface area (Å²) in [6.07, 6.45) is 1.96. The molecule has 1 rings (SSSR count). The van der Waals surface area contributed by atoms with Gasteiger partial charge in [-0.1, -0.05) is 0 Å². The van der Waals surface area contributed by atoms with Crippen molar-refractivity contribution in [3.63, 3.8) is 0 Å². The summed E-state index contributed by atoms with van der Waals surface area (Å²) in [7, 11) is 0. The topological polar surface area (TPSA) is 24.9 Å². The first-order valence-corrected chi connectivity index (χ1v) is 4.08. The van der Waals surface area contributed by atoms with E-state index in [9.17, 15) is 4.39 Å². The molecule has 3 heteroatoms. The molecule has 13 heavy (non-hydrogen) atoms. The van der Waals surface area contributed by atoms with Crippen molar-refractivity contribution in [1.82, 2.24) is 4.98 Å². The highest BCUT2D eigenvalue weighted by molar-refractivity contribution is 5.33. The molecule has 0 fully saturated rings. The predicted molar refractivity (Wildman–Crippen MR) is 50.8 cm³/mol. The van der Waals surface area contributed by atoms with Gasteiger partial charge in [-0.2, -0.15) is 0 Å². The van der Waals surface area contributed by atoms with Crippen LogP contribution in [0.3, 0.4) is 0 Å². The molecule has 0 saturated carbocycles. The fourth-order valence-electron chi connectivity index (χ4n) is 0.858. The molecule has 0 aliphatic carbocycles. The Morgan fingerprint density at radius 1 is 1.54 bits per heavy atom. The van der Waals surface area contributed by atoms with E-state index in [1.807, 2.05) is 0 Å². The lowest BCUT2D eigenvalue weighted by atomic mass is 10.4. The summed E-state index contributed by atoms with van der Waals surface area (Å²) in [6.45, 7) is 2.54. The van der Waals surface area contributed by atoms with Crippen LogP contribution in [-0.4, -0.2) is 11.5 Å². The summed E-state index contributed by atoms with van der Waals surface area (Å²) >= 11 is 0. The van der Waals surface area contributed by atoms with Crippen molar-refractivity contribution < 1.29 is 4.39 Å². The third-order valence-corrected chi connectivity index (χ3v) is 1.46. The van der Waals surface area contributed by atoms with Gasteiger partial charge in [-0.05, 0) is 19.1 Å². The van der Waals surface area contributed by atoms with Crippen molar-refractivity contribution in [3.8, 4) is 11.8 Å². The van der Waals surface area contributed by atoms with E-state index in [4.69, 9.17) is 0 Å². The Labute approximate surface area is 77.2 Å². The van der Waals surface area contributed by atoms with E-state index in [1.165, 1.54) is 12.3 Å². The van der Waals surface area contributed by atoms with Crippen LogP contribution >= 0.6 is 0 Å². The van der Waals surface area contributed by atoms with E-state index < -0.39 is 0 Å². The zero-order valence-corrected chi connectivity index (χ0v) is 7.47. The van der Waals surface area contributed by atoms with Crippen molar-refractivity contribution in [2.45, 2.75) is 13.3 Å². The number of rotatable bonds is 3. The predicted octanol–water partition coefficient (Wildman–Crippen LogP) is 2.05. The molecule has 68 valence electrons. The molecule has 0 atom stereocenters. The highest BCUT2D eigenvalue weighted by Crippen LogP contribution is 2.02. The number of aromatic nitrogens is 1. The molecule has 0 bridgehead atoms. The molecule has 1 aromatic heterocycles. The van der Waals surface area contributed by atoms with E-state index in [0.29, 0.717) is 5.82 Å². The largest absolute Gasteiger partial charge is 0.369 e. The van der Waals surface area contributed by atoms with Crippen LogP contribution in [0.15, 0.2) is 18.3 Å². The van der Waals surface area contributed by atoms with Gasteiger partial charge >= 0.3 is 0 Å². The van der Waals surface area contributed by atoms with Crippen molar-refractivity contribution in [2.24, 2.45) is 0 Å². The number of halogens is 1. The zero-order chi connectivity index (χ0) is 9.52. The van der Waals surface area contributed by atoms with Crippen molar-refractivity contribution >= 4 is 5.82 Å². The normalized spacial score (nSPS) is 8.77. The van der Waals surface area contributed by atoms with E-state index in [0.717, 1.165) is 13.0 Å². The lowest BCUT2D eigenvalue weighted by molar-refractivity contribution is 0.621. The van der Waals surface area contributed by atoms with Gasteiger partial charge in [0.25, 0.3) is 0 Å². The second kappa shape index (κ2) is 5.15. The fourth-order valence-corrected chi connectivity index (χ4v) is 0.858. The van der Waals surface area contributed by atoms with E-state index in [-0.39, 0.29) is 5.82 Å². The maximum Gasteiger partial charge on any atom is 0.141 e. The number of anilines is 1. The Balaban J connectivity index is 2.36. The van der Waals surface area contributed by atoms with Gasteiger partial charge in [-0.15, -0.1) is 11.8 Å². The van der Waals surface area contributed by atoms with Gasteiger partial charge in [-0.25, -0.2) is 9.37 Å². The highest BCUT2D eigenvalue weighted by atomic mass is 19.1. The Hall–Kier alpha value is -1.56. The van der Waals surface area contributed by atoms with Gasteiger partial charge in [0.1, 0.15) is 11.6 Å². The van der Waals surface area contributed by atoms with Crippen LogP contribution in [0.5, 0.6) is 0 Å². The van der Waals surface area contributed by atoms with Crippen LogP contribution in [0.1, 0.15) is 13.3 Å². The monoisotopic (exact) mass is 178 g/mol. The summed E-state index contributed by atoms with van der Waals surface area (Å²) in [5.41, 5.74) is 0. The minimum atomic E-state index is -0.320. The van der Waals surface area contributed by atoms with Crippen molar-refractivity contribution in [1.29, 1.82) is 0 Å². The SMILES string of the molecule is CC#CCCNc1ccc(F)cn1. The molecule has 1 heterocycles. The molecule has 2 nitrogen and oxygen atoms in total. The Morgan fingerprint density at radius 2 is 2.38 bits per heavy atom. The minimum absolute atomic E-state index is 0.320. The molecule has 0 radical (unpaired) electrons. The number of nitrogens with zero attached hydrogens (tertiary/aromatic N) is 1. The molecule has 1 aromatic rings. The van der Waals surface area contributed by atoms with Gasteiger partial charge in [0.15, 0.2) is 0 Å². The minimum Gasteiger partial charge on any atom is -0.369 e. The molecule has 0 spiro atoms. The molecule has 0 aliphatic heterocycles. The Bertz CT molecular complexity index is 308. The Kier molecular flexibility index (Phi) is 3.77. The van der Waals surface area contributed by atoms with E-state index in [1.54, 1.807) is 13.0 Å². The van der Waals surface area contributed by atoms with E-state index in [2.05, 4.69) is 22.1 Å². The third kappa shape index (κ3) is 3.57. The molecule has 1 N–H and O–H groups in total. The maximum atomic E-state index is 12.4. The van der Waals surface area contributed by atoms with Gasteiger partial charge < -0.3 is 5.32 Å². The smallest absolute Gasteiger partial charge is 0.141 e. The average molecular weight is 178 g/mol. The number of nitrogens with one attached hydrogen (secondary N) is 1. The molecular weight excluding hydrogens is 167 g/mol. The molecular formula is C10H11FN2. The number of pyridine rings is 1. The maximum absolute atomic E-state index is 12.4. The van der Waals surface area contributed by atoms with Crippen molar-refractivity contribution in [2.75, 3.05) is 11.9 Å². The van der Waals surface area contributed by atoms with Crippen LogP contribution < -0.4 is 5.32 Å². The first kappa shape index (κ1) is 9.53. The molecule has 0 unspecified atom stereocenters. The lowest BCUT2D eigenvalue weighted by Crippen LogP contribution is -2.01. The molecule has 0 amide bonds. The summed E-state index contributed by atoms with van der Waals surface area (Å²) < 4.78 is 12.4. The van der Waals surface area contributed by atoms with Gasteiger partial charge in [-0.3, -0.25) is 0 Å².